The van der Waals surface area contributed by atoms with Crippen LogP contribution in [-0.4, -0.2) is 73.6 Å². The molecule has 0 aliphatic carbocycles. The van der Waals surface area contributed by atoms with Gasteiger partial charge in [0, 0.05) is 31.6 Å². The van der Waals surface area contributed by atoms with Crippen LogP contribution in [0, 0.1) is 5.92 Å². The Hall–Kier alpha value is -4.37. The van der Waals surface area contributed by atoms with E-state index in [-0.39, 0.29) is 77.0 Å². The summed E-state index contributed by atoms with van der Waals surface area (Å²) in [6, 6.07) is 3.38. The number of nitrogens with zero attached hydrogens (tertiary/aromatic N) is 5. The molecule has 1 fully saturated rings. The van der Waals surface area contributed by atoms with Gasteiger partial charge in [0.1, 0.15) is 17.9 Å². The number of carboxylic acids is 1. The summed E-state index contributed by atoms with van der Waals surface area (Å²) in [7, 11) is 0. The minimum atomic E-state index is -1.18. The molecular formula is C31H42Cl2N8O7. The number of carboxylic acid groups (broad SMARTS) is 1. The summed E-state index contributed by atoms with van der Waals surface area (Å²) < 4.78 is 15.0. The van der Waals surface area contributed by atoms with Gasteiger partial charge in [0.25, 0.3) is 11.7 Å². The van der Waals surface area contributed by atoms with E-state index in [4.69, 9.17) is 32.5 Å². The number of carbonyl (C=O) groups excluding carboxylic acids is 3. The maximum absolute atomic E-state index is 13.8. The quantitative estimate of drug-likeness (QED) is 0.156. The number of amides is 2. The average molecular weight is 710 g/mol. The van der Waals surface area contributed by atoms with Gasteiger partial charge >= 0.3 is 12.1 Å². The number of aryl methyl sites for hydroxylation is 2. The van der Waals surface area contributed by atoms with Crippen LogP contribution in [0.25, 0.3) is 11.0 Å². The van der Waals surface area contributed by atoms with Crippen molar-refractivity contribution in [1.29, 1.82) is 0 Å². The molecule has 1 aromatic carbocycles. The number of benzene rings is 1. The lowest BCUT2D eigenvalue weighted by molar-refractivity contribution is -0.676. The number of halogens is 2. The molecule has 0 atom stereocenters. The molecule has 3 aromatic rings. The molecule has 3 heterocycles. The van der Waals surface area contributed by atoms with Crippen LogP contribution in [0.5, 0.6) is 5.75 Å². The minimum absolute atomic E-state index is 0. The number of hydrogen-bond acceptors (Lipinski definition) is 10. The van der Waals surface area contributed by atoms with Crippen LogP contribution in [0.2, 0.25) is 5.15 Å². The highest BCUT2D eigenvalue weighted by atomic mass is 35.5. The maximum atomic E-state index is 13.8. The van der Waals surface area contributed by atoms with Gasteiger partial charge in [-0.2, -0.15) is 0 Å². The monoisotopic (exact) mass is 708 g/mol. The average Bonchev–Trinajstić information content (AvgIpc) is 3.30. The number of aliphatic carboxylic acids is 1. The Morgan fingerprint density at radius 2 is 1.77 bits per heavy atom. The van der Waals surface area contributed by atoms with Crippen molar-refractivity contribution in [3.05, 3.63) is 34.4 Å². The van der Waals surface area contributed by atoms with E-state index in [1.807, 2.05) is 43.8 Å². The third-order valence-corrected chi connectivity index (χ3v) is 8.11. The van der Waals surface area contributed by atoms with Gasteiger partial charge in [0.15, 0.2) is 45.9 Å². The van der Waals surface area contributed by atoms with Gasteiger partial charge in [0.2, 0.25) is 0 Å². The zero-order valence-corrected chi connectivity index (χ0v) is 29.2. The Bertz CT molecular complexity index is 1700. The number of fused-ring (bicyclic) bond motifs is 1. The van der Waals surface area contributed by atoms with Crippen LogP contribution < -0.4 is 38.5 Å². The highest BCUT2D eigenvalue weighted by Crippen LogP contribution is 2.31. The second-order valence-electron chi connectivity index (χ2n) is 12.3. The number of nitrogen functional groups attached to an aromatic ring is 2. The lowest BCUT2D eigenvalue weighted by atomic mass is 9.89. The van der Waals surface area contributed by atoms with E-state index in [1.165, 1.54) is 0 Å². The van der Waals surface area contributed by atoms with Crippen molar-refractivity contribution in [2.75, 3.05) is 31.2 Å². The van der Waals surface area contributed by atoms with E-state index in [1.54, 1.807) is 17.0 Å². The van der Waals surface area contributed by atoms with Crippen LogP contribution in [0.15, 0.2) is 12.1 Å². The summed E-state index contributed by atoms with van der Waals surface area (Å²) in [4.78, 5) is 60.2. The molecule has 0 bridgehead atoms. The number of rotatable bonds is 11. The number of ketones is 1. The lowest BCUT2D eigenvalue weighted by Crippen LogP contribution is -3.00. The predicted molar refractivity (Wildman–Crippen MR) is 173 cm³/mol. The Labute approximate surface area is 289 Å². The molecule has 6 N–H and O–H groups in total. The summed E-state index contributed by atoms with van der Waals surface area (Å²) in [5, 5.41) is 12.0. The number of likely N-dealkylation sites (tertiary alicyclic amines) is 1. The normalized spacial score (nSPS) is 13.6. The Morgan fingerprint density at radius 1 is 1.10 bits per heavy atom. The van der Waals surface area contributed by atoms with Crippen molar-refractivity contribution >= 4 is 58.0 Å². The van der Waals surface area contributed by atoms with E-state index in [0.717, 1.165) is 0 Å². The molecule has 4 rings (SSSR count). The highest BCUT2D eigenvalue weighted by Gasteiger charge is 2.31. The van der Waals surface area contributed by atoms with Crippen LogP contribution in [0.1, 0.15) is 80.6 Å². The summed E-state index contributed by atoms with van der Waals surface area (Å²) in [5.41, 5.74) is 12.4. The third kappa shape index (κ3) is 8.75. The van der Waals surface area contributed by atoms with Gasteiger partial charge < -0.3 is 48.7 Å². The summed E-state index contributed by atoms with van der Waals surface area (Å²) in [5.74, 6) is -1.36. The summed E-state index contributed by atoms with van der Waals surface area (Å²) in [6.07, 6.45) is 1.07. The summed E-state index contributed by atoms with van der Waals surface area (Å²) >= 11 is 5.96. The van der Waals surface area contributed by atoms with Crippen molar-refractivity contribution in [2.45, 2.75) is 79.1 Å². The number of hydrogen-bond donors (Lipinski definition) is 4. The van der Waals surface area contributed by atoms with Crippen LogP contribution in [-0.2, 0) is 29.2 Å². The number of anilines is 2. The maximum Gasteiger partial charge on any atom is 0.410 e. The fraction of sp³-hybridized carbons (Fsp3) is 0.516. The molecule has 1 aliphatic heterocycles. The molecule has 1 saturated heterocycles. The SMILES string of the molecule is CCn1c(CNC(=O)c2nc(Cl)c(N)nc2N)[n+](CC)c2cc(OCC(=O)O)c(C(=O)CC3CCN(C(=O)OC(C)(C)C)CC3)cc21.[Cl-]. The minimum Gasteiger partial charge on any atom is -1.00 e. The summed E-state index contributed by atoms with van der Waals surface area (Å²) in [6.45, 7) is 10.7. The highest BCUT2D eigenvalue weighted by molar-refractivity contribution is 6.31. The fourth-order valence-electron chi connectivity index (χ4n) is 5.66. The first kappa shape index (κ1) is 38.1. The number of aromatic nitrogens is 4. The Kier molecular flexibility index (Phi) is 12.4. The van der Waals surface area contributed by atoms with Crippen molar-refractivity contribution in [3.63, 3.8) is 0 Å². The number of ether oxygens (including phenoxy) is 2. The van der Waals surface area contributed by atoms with Crippen LogP contribution >= 0.6 is 11.6 Å². The first-order valence-electron chi connectivity index (χ1n) is 15.4. The molecule has 17 heteroatoms. The van der Waals surface area contributed by atoms with Gasteiger partial charge in [-0.05, 0) is 53.4 Å². The molecule has 0 spiro atoms. The van der Waals surface area contributed by atoms with Gasteiger partial charge in [0.05, 0.1) is 18.7 Å². The van der Waals surface area contributed by atoms with E-state index < -0.39 is 24.1 Å². The number of carbonyl (C=O) groups is 4. The largest absolute Gasteiger partial charge is 1.00 e. The van der Waals surface area contributed by atoms with Crippen molar-refractivity contribution in [1.82, 2.24) is 24.8 Å². The molecule has 262 valence electrons. The standard InChI is InChI=1S/C31H41ClN8O7.ClH/c1-6-39-19-13-18(21(41)12-17-8-10-38(11-9-17)30(45)47-31(3,4)5)22(46-16-24(42)43)14-20(19)40(7-2)23(39)15-35-29(44)25-27(33)37-28(34)26(32)36-25;/h13-14,17H,6-12,15-16H2,1-5H3,(H5-,33,34,35,37,42,43,44);1H. The third-order valence-electron chi connectivity index (χ3n) is 7.83. The molecule has 1 aliphatic rings. The van der Waals surface area contributed by atoms with Crippen LogP contribution in [0.4, 0.5) is 16.4 Å². The first-order valence-corrected chi connectivity index (χ1v) is 15.8. The first-order chi connectivity index (χ1) is 22.1. The Morgan fingerprint density at radius 3 is 2.35 bits per heavy atom. The molecule has 0 saturated carbocycles. The zero-order valence-electron chi connectivity index (χ0n) is 27.6. The van der Waals surface area contributed by atoms with E-state index >= 15 is 0 Å². The smallest absolute Gasteiger partial charge is 0.410 e. The molecule has 0 radical (unpaired) electrons. The molecule has 15 nitrogen and oxygen atoms in total. The molecular weight excluding hydrogens is 667 g/mol. The van der Waals surface area contributed by atoms with Gasteiger partial charge in [-0.15, -0.1) is 0 Å². The zero-order chi connectivity index (χ0) is 34.6. The fourth-order valence-corrected chi connectivity index (χ4v) is 5.78. The van der Waals surface area contributed by atoms with Gasteiger partial charge in [-0.1, -0.05) is 11.6 Å². The second kappa shape index (κ2) is 15.7. The molecule has 2 aromatic heterocycles. The van der Waals surface area contributed by atoms with Crippen molar-refractivity contribution in [2.24, 2.45) is 5.92 Å². The topological polar surface area (TPSA) is 209 Å². The second-order valence-corrected chi connectivity index (χ2v) is 12.6. The molecule has 0 unspecified atom stereocenters. The van der Waals surface area contributed by atoms with Gasteiger partial charge in [-0.3, -0.25) is 9.59 Å². The van der Waals surface area contributed by atoms with Crippen molar-refractivity contribution < 1.29 is 50.7 Å². The number of Topliss-reactive ketones (excluding diaryl/α,β-unsaturated/α-hetero) is 1. The predicted octanol–water partition coefficient (Wildman–Crippen LogP) is 0.194. The number of piperidine rings is 1. The number of imidazole rings is 1. The molecule has 48 heavy (non-hydrogen) atoms. The lowest BCUT2D eigenvalue weighted by Gasteiger charge is -2.33. The number of nitrogens with two attached hydrogens (primary N) is 2. The van der Waals surface area contributed by atoms with E-state index in [9.17, 15) is 24.3 Å². The van der Waals surface area contributed by atoms with Crippen molar-refractivity contribution in [3.8, 4) is 5.75 Å². The Balaban J connectivity index is 0.00000625. The molecule has 2 amide bonds. The van der Waals surface area contributed by atoms with E-state index in [2.05, 4.69) is 15.3 Å². The van der Waals surface area contributed by atoms with Gasteiger partial charge in [-0.25, -0.2) is 28.7 Å². The van der Waals surface area contributed by atoms with E-state index in [0.29, 0.717) is 55.9 Å². The number of nitrogens with one attached hydrogen (secondary N) is 1. The van der Waals surface area contributed by atoms with Crippen LogP contribution in [0.3, 0.4) is 0 Å².